The molecule has 0 fully saturated rings. The average Bonchev–Trinajstić information content (AvgIpc) is 2.88. The van der Waals surface area contributed by atoms with E-state index in [4.69, 9.17) is 4.74 Å². The molecular weight excluding hydrogens is 260 g/mol. The molecule has 0 bridgehead atoms. The molecule has 0 aliphatic heterocycles. The molecule has 3 nitrogen and oxygen atoms in total. The fraction of sp³-hybridized carbons (Fsp3) is 0.278. The third kappa shape index (κ3) is 2.92. The summed E-state index contributed by atoms with van der Waals surface area (Å²) in [6, 6.07) is 12.5. The lowest BCUT2D eigenvalue weighted by atomic mass is 10.1. The van der Waals surface area contributed by atoms with Gasteiger partial charge >= 0.3 is 0 Å². The number of aryl methyl sites for hydroxylation is 4. The lowest BCUT2D eigenvalue weighted by Crippen LogP contribution is -1.93. The highest BCUT2D eigenvalue weighted by Gasteiger charge is 2.05. The Morgan fingerprint density at radius 1 is 1.00 bits per heavy atom. The molecule has 0 unspecified atom stereocenters. The Labute approximate surface area is 125 Å². The van der Waals surface area contributed by atoms with Gasteiger partial charge in [0.1, 0.15) is 11.6 Å². The Bertz CT molecular complexity index is 718. The molecule has 0 saturated carbocycles. The number of rotatable bonds is 4. The van der Waals surface area contributed by atoms with E-state index in [1.165, 1.54) is 16.7 Å². The predicted octanol–water partition coefficient (Wildman–Crippen LogP) is 3.97. The number of imidazole rings is 1. The zero-order chi connectivity index (χ0) is 14.8. The van der Waals surface area contributed by atoms with E-state index < -0.39 is 0 Å². The van der Waals surface area contributed by atoms with Crippen molar-refractivity contribution in [3.05, 3.63) is 58.9 Å². The highest BCUT2D eigenvalue weighted by atomic mass is 16.5. The minimum atomic E-state index is 0.897. The number of aromatic nitrogens is 2. The van der Waals surface area contributed by atoms with Crippen molar-refractivity contribution in [2.75, 3.05) is 7.11 Å². The first kappa shape index (κ1) is 13.7. The number of fused-ring (bicyclic) bond motifs is 1. The molecule has 108 valence electrons. The summed E-state index contributed by atoms with van der Waals surface area (Å²) in [5, 5.41) is 0. The number of nitrogens with zero attached hydrogens (tertiary/aromatic N) is 1. The zero-order valence-electron chi connectivity index (χ0n) is 12.7. The van der Waals surface area contributed by atoms with Crippen molar-refractivity contribution in [2.45, 2.75) is 26.7 Å². The van der Waals surface area contributed by atoms with Crippen LogP contribution in [0.2, 0.25) is 0 Å². The monoisotopic (exact) mass is 280 g/mol. The van der Waals surface area contributed by atoms with Crippen LogP contribution >= 0.6 is 0 Å². The van der Waals surface area contributed by atoms with Gasteiger partial charge in [-0.3, -0.25) is 0 Å². The van der Waals surface area contributed by atoms with Gasteiger partial charge in [0.15, 0.2) is 0 Å². The Balaban J connectivity index is 1.75. The normalized spacial score (nSPS) is 11.0. The van der Waals surface area contributed by atoms with E-state index in [2.05, 4.69) is 48.1 Å². The van der Waals surface area contributed by atoms with Crippen LogP contribution in [0.4, 0.5) is 0 Å². The molecule has 2 aromatic carbocycles. The summed E-state index contributed by atoms with van der Waals surface area (Å²) in [7, 11) is 1.69. The van der Waals surface area contributed by atoms with Crippen LogP contribution in [0.15, 0.2) is 36.4 Å². The van der Waals surface area contributed by atoms with E-state index in [9.17, 15) is 0 Å². The second-order valence-electron chi connectivity index (χ2n) is 5.49. The Kier molecular flexibility index (Phi) is 3.65. The summed E-state index contributed by atoms with van der Waals surface area (Å²) < 4.78 is 5.18. The maximum absolute atomic E-state index is 5.18. The third-order valence-corrected chi connectivity index (χ3v) is 3.96. The van der Waals surface area contributed by atoms with Gasteiger partial charge < -0.3 is 9.72 Å². The minimum Gasteiger partial charge on any atom is -0.497 e. The molecule has 0 atom stereocenters. The number of hydrogen-bond donors (Lipinski definition) is 1. The molecule has 0 saturated heterocycles. The molecular formula is C18H20N2O. The van der Waals surface area contributed by atoms with Gasteiger partial charge in [-0.1, -0.05) is 12.1 Å². The standard InChI is InChI=1S/C18H20N2O/c1-12-10-16-17(11-13(12)2)20-18(19-16)9-6-14-4-7-15(21-3)8-5-14/h4-5,7-8,10-11H,6,9H2,1-3H3,(H,19,20). The topological polar surface area (TPSA) is 37.9 Å². The van der Waals surface area contributed by atoms with E-state index in [1.807, 2.05) is 12.1 Å². The van der Waals surface area contributed by atoms with Crippen LogP contribution in [0.1, 0.15) is 22.5 Å². The van der Waals surface area contributed by atoms with Gasteiger partial charge in [-0.25, -0.2) is 4.98 Å². The van der Waals surface area contributed by atoms with E-state index in [0.717, 1.165) is 35.4 Å². The van der Waals surface area contributed by atoms with Gasteiger partial charge in [0.05, 0.1) is 18.1 Å². The molecule has 0 aliphatic carbocycles. The first-order chi connectivity index (χ1) is 10.2. The Hall–Kier alpha value is -2.29. The summed E-state index contributed by atoms with van der Waals surface area (Å²) in [4.78, 5) is 8.10. The van der Waals surface area contributed by atoms with Gasteiger partial charge in [-0.05, 0) is 61.2 Å². The molecule has 1 N–H and O–H groups in total. The molecule has 0 radical (unpaired) electrons. The van der Waals surface area contributed by atoms with Gasteiger partial charge in [0, 0.05) is 6.42 Å². The number of aromatic amines is 1. The van der Waals surface area contributed by atoms with Crippen LogP contribution in [0.25, 0.3) is 11.0 Å². The minimum absolute atomic E-state index is 0.897. The molecule has 0 aliphatic rings. The van der Waals surface area contributed by atoms with Crippen LogP contribution in [-0.2, 0) is 12.8 Å². The maximum Gasteiger partial charge on any atom is 0.118 e. The quantitative estimate of drug-likeness (QED) is 0.785. The maximum atomic E-state index is 5.18. The number of H-pyrrole nitrogens is 1. The second kappa shape index (κ2) is 5.60. The molecule has 3 heteroatoms. The number of hydrogen-bond acceptors (Lipinski definition) is 2. The molecule has 0 amide bonds. The highest BCUT2D eigenvalue weighted by molar-refractivity contribution is 5.77. The van der Waals surface area contributed by atoms with E-state index in [1.54, 1.807) is 7.11 Å². The van der Waals surface area contributed by atoms with E-state index in [0.29, 0.717) is 0 Å². The van der Waals surface area contributed by atoms with Crippen LogP contribution in [0.3, 0.4) is 0 Å². The molecule has 1 aromatic heterocycles. The number of benzene rings is 2. The molecule has 3 aromatic rings. The smallest absolute Gasteiger partial charge is 0.118 e. The second-order valence-corrected chi connectivity index (χ2v) is 5.49. The summed E-state index contributed by atoms with van der Waals surface area (Å²) in [6.45, 7) is 4.26. The lowest BCUT2D eigenvalue weighted by molar-refractivity contribution is 0.414. The van der Waals surface area contributed by atoms with Gasteiger partial charge in [0.2, 0.25) is 0 Å². The van der Waals surface area contributed by atoms with Crippen LogP contribution in [-0.4, -0.2) is 17.1 Å². The number of nitrogens with one attached hydrogen (secondary N) is 1. The van der Waals surface area contributed by atoms with Crippen molar-refractivity contribution in [3.8, 4) is 5.75 Å². The van der Waals surface area contributed by atoms with Crippen molar-refractivity contribution in [1.29, 1.82) is 0 Å². The van der Waals surface area contributed by atoms with Gasteiger partial charge in [0.25, 0.3) is 0 Å². The van der Waals surface area contributed by atoms with Crippen molar-refractivity contribution in [2.24, 2.45) is 0 Å². The summed E-state index contributed by atoms with van der Waals surface area (Å²) in [6.07, 6.45) is 1.89. The summed E-state index contributed by atoms with van der Waals surface area (Å²) >= 11 is 0. The molecule has 0 spiro atoms. The van der Waals surface area contributed by atoms with E-state index in [-0.39, 0.29) is 0 Å². The van der Waals surface area contributed by atoms with Crippen molar-refractivity contribution >= 4 is 11.0 Å². The average molecular weight is 280 g/mol. The van der Waals surface area contributed by atoms with Gasteiger partial charge in [-0.2, -0.15) is 0 Å². The van der Waals surface area contributed by atoms with Gasteiger partial charge in [-0.15, -0.1) is 0 Å². The fourth-order valence-electron chi connectivity index (χ4n) is 2.50. The highest BCUT2D eigenvalue weighted by Crippen LogP contribution is 2.18. The Morgan fingerprint density at radius 2 is 1.71 bits per heavy atom. The number of methoxy groups -OCH3 is 1. The first-order valence-electron chi connectivity index (χ1n) is 7.24. The molecule has 1 heterocycles. The van der Waals surface area contributed by atoms with Crippen molar-refractivity contribution in [1.82, 2.24) is 9.97 Å². The lowest BCUT2D eigenvalue weighted by Gasteiger charge is -2.02. The molecule has 21 heavy (non-hydrogen) atoms. The predicted molar refractivity (Wildman–Crippen MR) is 86.0 cm³/mol. The van der Waals surface area contributed by atoms with Crippen LogP contribution in [0.5, 0.6) is 5.75 Å². The summed E-state index contributed by atoms with van der Waals surface area (Å²) in [5.41, 5.74) is 6.07. The first-order valence-corrected chi connectivity index (χ1v) is 7.24. The van der Waals surface area contributed by atoms with Crippen LogP contribution < -0.4 is 4.74 Å². The Morgan fingerprint density at radius 3 is 2.43 bits per heavy atom. The van der Waals surface area contributed by atoms with Crippen molar-refractivity contribution < 1.29 is 4.74 Å². The van der Waals surface area contributed by atoms with Crippen molar-refractivity contribution in [3.63, 3.8) is 0 Å². The SMILES string of the molecule is COc1ccc(CCc2nc3cc(C)c(C)cc3[nH]2)cc1. The van der Waals surface area contributed by atoms with Crippen LogP contribution in [0, 0.1) is 13.8 Å². The largest absolute Gasteiger partial charge is 0.497 e. The van der Waals surface area contributed by atoms with E-state index >= 15 is 0 Å². The summed E-state index contributed by atoms with van der Waals surface area (Å²) in [5.74, 6) is 1.94. The molecule has 3 rings (SSSR count). The number of ether oxygens (including phenoxy) is 1. The zero-order valence-corrected chi connectivity index (χ0v) is 12.7. The fourth-order valence-corrected chi connectivity index (χ4v) is 2.50. The third-order valence-electron chi connectivity index (χ3n) is 3.96.